The molecule has 1 aliphatic rings. The van der Waals surface area contributed by atoms with Crippen LogP contribution in [-0.4, -0.2) is 33.0 Å². The summed E-state index contributed by atoms with van der Waals surface area (Å²) in [6, 6.07) is 1.99. The first kappa shape index (κ1) is 12.0. The van der Waals surface area contributed by atoms with Gasteiger partial charge in [-0.2, -0.15) is 0 Å². The topological polar surface area (TPSA) is 75.6 Å². The maximum Gasteiger partial charge on any atom is 0.228 e. The summed E-state index contributed by atoms with van der Waals surface area (Å²) >= 11 is 0. The highest BCUT2D eigenvalue weighted by Crippen LogP contribution is 2.22. The first-order chi connectivity index (χ1) is 9.42. The van der Waals surface area contributed by atoms with Crippen molar-refractivity contribution in [2.24, 2.45) is 0 Å². The van der Waals surface area contributed by atoms with Crippen molar-refractivity contribution in [3.63, 3.8) is 0 Å². The van der Waals surface area contributed by atoms with E-state index in [1.54, 1.807) is 24.8 Å². The molecule has 0 aromatic carbocycles. The number of anilines is 2. The summed E-state index contributed by atoms with van der Waals surface area (Å²) in [5, 5.41) is 6.47. The van der Waals surface area contributed by atoms with Crippen molar-refractivity contribution in [2.45, 2.75) is 18.8 Å². The summed E-state index contributed by atoms with van der Waals surface area (Å²) in [7, 11) is 0. The van der Waals surface area contributed by atoms with Crippen LogP contribution in [0.1, 0.15) is 24.5 Å². The fourth-order valence-corrected chi connectivity index (χ4v) is 2.24. The fraction of sp³-hybridized carbons (Fsp3) is 0.385. The molecule has 0 radical (unpaired) electrons. The Balaban J connectivity index is 1.76. The van der Waals surface area contributed by atoms with E-state index >= 15 is 0 Å². The quantitative estimate of drug-likeness (QED) is 0.866. The van der Waals surface area contributed by atoms with Crippen molar-refractivity contribution in [3.8, 4) is 0 Å². The average Bonchev–Trinajstić information content (AvgIpc) is 2.49. The summed E-state index contributed by atoms with van der Waals surface area (Å²) in [4.78, 5) is 16.9. The number of nitrogens with zero attached hydrogens (tertiary/aromatic N) is 4. The first-order valence-electron chi connectivity index (χ1n) is 6.48. The Labute approximate surface area is 111 Å². The van der Waals surface area contributed by atoms with Crippen LogP contribution in [-0.2, 0) is 0 Å². The van der Waals surface area contributed by atoms with Crippen LogP contribution in [0.3, 0.4) is 0 Å². The molecule has 0 aliphatic carbocycles. The lowest BCUT2D eigenvalue weighted by atomic mass is 9.96. The number of rotatable bonds is 3. The number of nitrogens with one attached hydrogen (secondary N) is 2. The van der Waals surface area contributed by atoms with E-state index in [4.69, 9.17) is 0 Å². The van der Waals surface area contributed by atoms with Gasteiger partial charge >= 0.3 is 0 Å². The maximum atomic E-state index is 4.56. The minimum absolute atomic E-state index is 0.471. The normalized spacial score (nSPS) is 19.1. The highest BCUT2D eigenvalue weighted by molar-refractivity contribution is 5.45. The van der Waals surface area contributed by atoms with Gasteiger partial charge in [0.05, 0.1) is 11.9 Å². The molecule has 6 heteroatoms. The molecule has 1 unspecified atom stereocenters. The largest absolute Gasteiger partial charge is 0.316 e. The molecule has 3 rings (SSSR count). The van der Waals surface area contributed by atoms with E-state index in [-0.39, 0.29) is 0 Å². The lowest BCUT2D eigenvalue weighted by molar-refractivity contribution is 0.454. The molecule has 2 N–H and O–H groups in total. The smallest absolute Gasteiger partial charge is 0.228 e. The Morgan fingerprint density at radius 3 is 3.00 bits per heavy atom. The van der Waals surface area contributed by atoms with Gasteiger partial charge in [0.1, 0.15) is 0 Å². The first-order valence-corrected chi connectivity index (χ1v) is 6.48. The zero-order valence-corrected chi connectivity index (χ0v) is 10.6. The van der Waals surface area contributed by atoms with Crippen molar-refractivity contribution in [3.05, 3.63) is 36.5 Å². The van der Waals surface area contributed by atoms with Crippen LogP contribution < -0.4 is 10.6 Å². The minimum Gasteiger partial charge on any atom is -0.316 e. The van der Waals surface area contributed by atoms with Gasteiger partial charge < -0.3 is 10.6 Å². The van der Waals surface area contributed by atoms with Gasteiger partial charge in [0.25, 0.3) is 0 Å². The van der Waals surface area contributed by atoms with Crippen LogP contribution in [0.2, 0.25) is 0 Å². The molecule has 2 aromatic heterocycles. The molecule has 1 atom stereocenters. The van der Waals surface area contributed by atoms with Crippen LogP contribution in [0, 0.1) is 0 Å². The van der Waals surface area contributed by atoms with Crippen LogP contribution >= 0.6 is 0 Å². The van der Waals surface area contributed by atoms with E-state index in [0.29, 0.717) is 17.7 Å². The fourth-order valence-electron chi connectivity index (χ4n) is 2.24. The second kappa shape index (κ2) is 5.71. The third kappa shape index (κ3) is 3.03. The number of piperidine rings is 1. The Morgan fingerprint density at radius 2 is 2.21 bits per heavy atom. The van der Waals surface area contributed by atoms with Gasteiger partial charge in [-0.15, -0.1) is 0 Å². The van der Waals surface area contributed by atoms with Crippen LogP contribution in [0.15, 0.2) is 30.9 Å². The molecule has 1 fully saturated rings. The molecule has 1 saturated heterocycles. The van der Waals surface area contributed by atoms with Crippen LogP contribution in [0.25, 0.3) is 0 Å². The average molecular weight is 256 g/mol. The SMILES string of the molecule is c1cnc(Nc2nccc(C3CCCNC3)n2)cn1. The lowest BCUT2D eigenvalue weighted by Crippen LogP contribution is -2.28. The van der Waals surface area contributed by atoms with Crippen molar-refractivity contribution in [1.29, 1.82) is 0 Å². The van der Waals surface area contributed by atoms with Crippen molar-refractivity contribution in [2.75, 3.05) is 18.4 Å². The van der Waals surface area contributed by atoms with Crippen molar-refractivity contribution < 1.29 is 0 Å². The zero-order valence-electron chi connectivity index (χ0n) is 10.6. The minimum atomic E-state index is 0.471. The van der Waals surface area contributed by atoms with Crippen LogP contribution in [0.5, 0.6) is 0 Å². The van der Waals surface area contributed by atoms with Gasteiger partial charge in [-0.05, 0) is 25.5 Å². The monoisotopic (exact) mass is 256 g/mol. The van der Waals surface area contributed by atoms with Gasteiger partial charge in [0, 0.05) is 31.1 Å². The van der Waals surface area contributed by atoms with Crippen molar-refractivity contribution in [1.82, 2.24) is 25.3 Å². The van der Waals surface area contributed by atoms with E-state index < -0.39 is 0 Å². The molecule has 0 spiro atoms. The molecule has 6 nitrogen and oxygen atoms in total. The predicted molar refractivity (Wildman–Crippen MR) is 72.2 cm³/mol. The standard InChI is InChI=1S/C13H16N6/c1-2-10(8-14-4-1)11-3-5-17-13(18-11)19-12-9-15-6-7-16-12/h3,5-7,9-10,14H,1-2,4,8H2,(H,16,17,18,19). The Bertz CT molecular complexity index is 524. The van der Waals surface area contributed by atoms with Gasteiger partial charge in [-0.1, -0.05) is 0 Å². The molecule has 3 heterocycles. The molecule has 0 saturated carbocycles. The molecule has 1 aliphatic heterocycles. The van der Waals surface area contributed by atoms with Gasteiger partial charge in [-0.3, -0.25) is 4.98 Å². The van der Waals surface area contributed by atoms with E-state index in [1.807, 2.05) is 6.07 Å². The molecule has 2 aromatic rings. The van der Waals surface area contributed by atoms with E-state index in [0.717, 1.165) is 18.8 Å². The molecule has 19 heavy (non-hydrogen) atoms. The summed E-state index contributed by atoms with van der Waals surface area (Å²) < 4.78 is 0. The zero-order chi connectivity index (χ0) is 12.9. The Hall–Kier alpha value is -2.08. The van der Waals surface area contributed by atoms with E-state index in [9.17, 15) is 0 Å². The molecule has 98 valence electrons. The number of hydrogen-bond donors (Lipinski definition) is 2. The summed E-state index contributed by atoms with van der Waals surface area (Å²) in [5.74, 6) is 1.70. The highest BCUT2D eigenvalue weighted by atomic mass is 15.1. The van der Waals surface area contributed by atoms with Gasteiger partial charge in [0.15, 0.2) is 5.82 Å². The molecular formula is C13H16N6. The van der Waals surface area contributed by atoms with Gasteiger partial charge in [-0.25, -0.2) is 15.0 Å². The summed E-state index contributed by atoms with van der Waals surface area (Å²) in [6.07, 6.45) is 9.08. The second-order valence-electron chi connectivity index (χ2n) is 4.56. The summed E-state index contributed by atoms with van der Waals surface area (Å²) in [6.45, 7) is 2.09. The molecular weight excluding hydrogens is 240 g/mol. The van der Waals surface area contributed by atoms with Gasteiger partial charge in [0.2, 0.25) is 5.95 Å². The Kier molecular flexibility index (Phi) is 3.60. The number of aromatic nitrogens is 4. The van der Waals surface area contributed by atoms with E-state index in [2.05, 4.69) is 30.6 Å². The Morgan fingerprint density at radius 1 is 1.21 bits per heavy atom. The molecule has 0 bridgehead atoms. The maximum absolute atomic E-state index is 4.56. The lowest BCUT2D eigenvalue weighted by Gasteiger charge is -2.22. The third-order valence-electron chi connectivity index (χ3n) is 3.20. The second-order valence-corrected chi connectivity index (χ2v) is 4.56. The van der Waals surface area contributed by atoms with Crippen LogP contribution in [0.4, 0.5) is 11.8 Å². The number of hydrogen-bond acceptors (Lipinski definition) is 6. The predicted octanol–water partition coefficient (Wildman–Crippen LogP) is 1.48. The van der Waals surface area contributed by atoms with Crippen molar-refractivity contribution >= 4 is 11.8 Å². The highest BCUT2D eigenvalue weighted by Gasteiger charge is 2.16. The van der Waals surface area contributed by atoms with E-state index in [1.165, 1.54) is 12.8 Å². The summed E-state index contributed by atoms with van der Waals surface area (Å²) in [5.41, 5.74) is 1.08. The molecule has 0 amide bonds. The third-order valence-corrected chi connectivity index (χ3v) is 3.20.